The molecule has 4 heteroatoms. The lowest BCUT2D eigenvalue weighted by Gasteiger charge is -2.33. The topological polar surface area (TPSA) is 52.6 Å². The number of aliphatic hydroxyl groups is 1. The summed E-state index contributed by atoms with van der Waals surface area (Å²) >= 11 is 0. The SMILES string of the molecule is O=C([C@H]1CCCN1)N1CCCC(CO)C1. The van der Waals surface area contributed by atoms with Gasteiger partial charge in [0.25, 0.3) is 0 Å². The molecule has 2 rings (SSSR count). The number of hydrogen-bond acceptors (Lipinski definition) is 3. The molecule has 0 radical (unpaired) electrons. The third kappa shape index (κ3) is 2.49. The molecule has 0 bridgehead atoms. The summed E-state index contributed by atoms with van der Waals surface area (Å²) in [5.41, 5.74) is 0. The first-order chi connectivity index (χ1) is 7.31. The minimum Gasteiger partial charge on any atom is -0.396 e. The highest BCUT2D eigenvalue weighted by Crippen LogP contribution is 2.18. The molecule has 0 aliphatic carbocycles. The number of hydrogen-bond donors (Lipinski definition) is 2. The fourth-order valence-electron chi connectivity index (χ4n) is 2.53. The van der Waals surface area contributed by atoms with Gasteiger partial charge in [0.05, 0.1) is 6.04 Å². The van der Waals surface area contributed by atoms with Crippen molar-refractivity contribution >= 4 is 5.91 Å². The number of nitrogens with one attached hydrogen (secondary N) is 1. The van der Waals surface area contributed by atoms with Crippen LogP contribution in [0.15, 0.2) is 0 Å². The number of likely N-dealkylation sites (tertiary alicyclic amines) is 1. The molecule has 2 fully saturated rings. The van der Waals surface area contributed by atoms with Crippen LogP contribution in [0.25, 0.3) is 0 Å². The minimum absolute atomic E-state index is 0.0439. The monoisotopic (exact) mass is 212 g/mol. The van der Waals surface area contributed by atoms with Crippen molar-refractivity contribution in [1.29, 1.82) is 0 Å². The lowest BCUT2D eigenvalue weighted by atomic mass is 9.98. The van der Waals surface area contributed by atoms with Gasteiger partial charge in [-0.2, -0.15) is 0 Å². The lowest BCUT2D eigenvalue weighted by Crippen LogP contribution is -2.48. The molecule has 2 aliphatic rings. The Morgan fingerprint density at radius 3 is 2.93 bits per heavy atom. The summed E-state index contributed by atoms with van der Waals surface area (Å²) in [4.78, 5) is 14.0. The Balaban J connectivity index is 1.88. The van der Waals surface area contributed by atoms with E-state index in [-0.39, 0.29) is 18.6 Å². The summed E-state index contributed by atoms with van der Waals surface area (Å²) in [5, 5.41) is 12.3. The second-order valence-corrected chi connectivity index (χ2v) is 4.62. The number of piperidine rings is 1. The molecule has 2 aliphatic heterocycles. The first-order valence-electron chi connectivity index (χ1n) is 5.94. The van der Waals surface area contributed by atoms with E-state index in [1.807, 2.05) is 4.90 Å². The fraction of sp³-hybridized carbons (Fsp3) is 0.909. The van der Waals surface area contributed by atoms with Crippen LogP contribution >= 0.6 is 0 Å². The quantitative estimate of drug-likeness (QED) is 0.676. The van der Waals surface area contributed by atoms with Crippen LogP contribution in [0.3, 0.4) is 0 Å². The number of amides is 1. The maximum Gasteiger partial charge on any atom is 0.239 e. The predicted molar refractivity (Wildman–Crippen MR) is 57.4 cm³/mol. The standard InChI is InChI=1S/C11H20N2O2/c14-8-9-3-2-6-13(7-9)11(15)10-4-1-5-12-10/h9-10,12,14H,1-8H2/t9?,10-/m1/s1. The third-order valence-corrected chi connectivity index (χ3v) is 3.45. The summed E-state index contributed by atoms with van der Waals surface area (Å²) < 4.78 is 0. The molecular formula is C11H20N2O2. The molecular weight excluding hydrogens is 192 g/mol. The van der Waals surface area contributed by atoms with Crippen molar-refractivity contribution in [2.45, 2.75) is 31.7 Å². The maximum atomic E-state index is 12.0. The summed E-state index contributed by atoms with van der Waals surface area (Å²) in [6, 6.07) is 0.0439. The van der Waals surface area contributed by atoms with Crippen molar-refractivity contribution < 1.29 is 9.90 Å². The van der Waals surface area contributed by atoms with Gasteiger partial charge in [-0.15, -0.1) is 0 Å². The number of rotatable bonds is 2. The molecule has 2 saturated heterocycles. The minimum atomic E-state index is 0.0439. The normalized spacial score (nSPS) is 31.9. The van der Waals surface area contributed by atoms with E-state index >= 15 is 0 Å². The van der Waals surface area contributed by atoms with Crippen LogP contribution in [0.5, 0.6) is 0 Å². The zero-order chi connectivity index (χ0) is 10.7. The van der Waals surface area contributed by atoms with Gasteiger partial charge >= 0.3 is 0 Å². The summed E-state index contributed by atoms with van der Waals surface area (Å²) in [5.74, 6) is 0.537. The van der Waals surface area contributed by atoms with E-state index in [0.29, 0.717) is 5.92 Å². The highest BCUT2D eigenvalue weighted by Gasteiger charge is 2.29. The molecule has 0 aromatic rings. The number of aliphatic hydroxyl groups excluding tert-OH is 1. The Bertz CT molecular complexity index is 227. The van der Waals surface area contributed by atoms with Gasteiger partial charge in [0.1, 0.15) is 0 Å². The van der Waals surface area contributed by atoms with Crippen molar-refractivity contribution in [3.8, 4) is 0 Å². The third-order valence-electron chi connectivity index (χ3n) is 3.45. The molecule has 2 N–H and O–H groups in total. The van der Waals surface area contributed by atoms with Gasteiger partial charge in [-0.25, -0.2) is 0 Å². The Morgan fingerprint density at radius 2 is 2.27 bits per heavy atom. The first-order valence-corrected chi connectivity index (χ1v) is 5.94. The Hall–Kier alpha value is -0.610. The highest BCUT2D eigenvalue weighted by molar-refractivity contribution is 5.82. The van der Waals surface area contributed by atoms with Crippen LogP contribution in [-0.4, -0.2) is 48.2 Å². The van der Waals surface area contributed by atoms with E-state index in [2.05, 4.69) is 5.32 Å². The van der Waals surface area contributed by atoms with Crippen LogP contribution in [0.2, 0.25) is 0 Å². The van der Waals surface area contributed by atoms with Gasteiger partial charge in [0.15, 0.2) is 0 Å². The van der Waals surface area contributed by atoms with Crippen LogP contribution in [0.1, 0.15) is 25.7 Å². The molecule has 0 aromatic carbocycles. The van der Waals surface area contributed by atoms with Gasteiger partial charge < -0.3 is 15.3 Å². The van der Waals surface area contributed by atoms with Crippen molar-refractivity contribution in [2.75, 3.05) is 26.2 Å². The first kappa shape index (κ1) is 10.9. The van der Waals surface area contributed by atoms with E-state index in [1.54, 1.807) is 0 Å². The van der Waals surface area contributed by atoms with Crippen LogP contribution in [0, 0.1) is 5.92 Å². The number of carbonyl (C=O) groups is 1. The van der Waals surface area contributed by atoms with Crippen LogP contribution < -0.4 is 5.32 Å². The summed E-state index contributed by atoms with van der Waals surface area (Å²) in [6.07, 6.45) is 4.16. The van der Waals surface area contributed by atoms with Crippen molar-refractivity contribution in [3.63, 3.8) is 0 Å². The molecule has 2 atom stereocenters. The van der Waals surface area contributed by atoms with Gasteiger partial charge in [0, 0.05) is 19.7 Å². The zero-order valence-electron chi connectivity index (χ0n) is 9.11. The molecule has 0 aromatic heterocycles. The van der Waals surface area contributed by atoms with E-state index in [0.717, 1.165) is 45.3 Å². The predicted octanol–water partition coefficient (Wildman–Crippen LogP) is -0.0307. The Morgan fingerprint density at radius 1 is 1.40 bits per heavy atom. The Labute approximate surface area is 90.6 Å². The number of carbonyl (C=O) groups excluding carboxylic acids is 1. The fourth-order valence-corrected chi connectivity index (χ4v) is 2.53. The largest absolute Gasteiger partial charge is 0.396 e. The van der Waals surface area contributed by atoms with Crippen LogP contribution in [-0.2, 0) is 4.79 Å². The summed E-state index contributed by atoms with van der Waals surface area (Å²) in [7, 11) is 0. The van der Waals surface area contributed by atoms with Crippen LogP contribution in [0.4, 0.5) is 0 Å². The zero-order valence-corrected chi connectivity index (χ0v) is 9.11. The Kier molecular flexibility index (Phi) is 3.59. The highest BCUT2D eigenvalue weighted by atomic mass is 16.3. The molecule has 2 heterocycles. The lowest BCUT2D eigenvalue weighted by molar-refractivity contribution is -0.135. The molecule has 1 amide bonds. The number of nitrogens with zero attached hydrogens (tertiary/aromatic N) is 1. The molecule has 0 spiro atoms. The average molecular weight is 212 g/mol. The van der Waals surface area contributed by atoms with Crippen molar-refractivity contribution in [2.24, 2.45) is 5.92 Å². The van der Waals surface area contributed by atoms with Gasteiger partial charge in [-0.05, 0) is 38.1 Å². The van der Waals surface area contributed by atoms with Crippen molar-refractivity contribution in [3.05, 3.63) is 0 Å². The van der Waals surface area contributed by atoms with Crippen molar-refractivity contribution in [1.82, 2.24) is 10.2 Å². The average Bonchev–Trinajstić information content (AvgIpc) is 2.81. The molecule has 1 unspecified atom stereocenters. The van der Waals surface area contributed by atoms with E-state index in [1.165, 1.54) is 0 Å². The molecule has 4 nitrogen and oxygen atoms in total. The van der Waals surface area contributed by atoms with E-state index in [4.69, 9.17) is 5.11 Å². The van der Waals surface area contributed by atoms with E-state index in [9.17, 15) is 4.79 Å². The van der Waals surface area contributed by atoms with Gasteiger partial charge in [-0.1, -0.05) is 0 Å². The second-order valence-electron chi connectivity index (χ2n) is 4.62. The van der Waals surface area contributed by atoms with Gasteiger partial charge in [-0.3, -0.25) is 4.79 Å². The smallest absolute Gasteiger partial charge is 0.239 e. The second kappa shape index (κ2) is 4.94. The molecule has 86 valence electrons. The molecule has 15 heavy (non-hydrogen) atoms. The summed E-state index contributed by atoms with van der Waals surface area (Å²) in [6.45, 7) is 2.79. The molecule has 0 saturated carbocycles. The van der Waals surface area contributed by atoms with Gasteiger partial charge in [0.2, 0.25) is 5.91 Å². The van der Waals surface area contributed by atoms with E-state index < -0.39 is 0 Å². The maximum absolute atomic E-state index is 12.0.